The van der Waals surface area contributed by atoms with Crippen molar-refractivity contribution >= 4 is 52.1 Å². The smallest absolute Gasteiger partial charge is 0.262 e. The number of nitrogens with one attached hydrogen (secondary N) is 2. The summed E-state index contributed by atoms with van der Waals surface area (Å²) < 4.78 is 6.35. The number of imide groups is 2. The molecule has 4 aromatic rings. The number of piperazine rings is 1. The van der Waals surface area contributed by atoms with E-state index in [2.05, 4.69) is 46.4 Å². The Kier molecular flexibility index (Phi) is 10.8. The van der Waals surface area contributed by atoms with Crippen molar-refractivity contribution in [2.45, 2.75) is 69.6 Å². The van der Waals surface area contributed by atoms with E-state index in [0.29, 0.717) is 34.1 Å². The minimum absolute atomic E-state index is 0.0145. The van der Waals surface area contributed by atoms with Crippen molar-refractivity contribution in [3.8, 4) is 11.8 Å². The first kappa shape index (κ1) is 39.0. The monoisotopic (exact) mass is 810 g/mol. The van der Waals surface area contributed by atoms with E-state index in [1.807, 2.05) is 24.3 Å². The average Bonchev–Trinajstić information content (AvgIpc) is 3.52. The number of benzene rings is 2. The number of carbonyl (C=O) groups excluding carboxylic acids is 5. The van der Waals surface area contributed by atoms with Crippen LogP contribution >= 0.6 is 0 Å². The van der Waals surface area contributed by atoms with Crippen LogP contribution < -0.4 is 25.2 Å². The van der Waals surface area contributed by atoms with Gasteiger partial charge in [0.25, 0.3) is 17.7 Å². The molecule has 1 unspecified atom stereocenters. The number of nitriles is 1. The number of fused-ring (bicyclic) bond motifs is 2. The lowest BCUT2D eigenvalue weighted by molar-refractivity contribution is -0.136. The van der Waals surface area contributed by atoms with Crippen LogP contribution in [0.4, 0.5) is 11.6 Å². The molecule has 9 rings (SSSR count). The second-order valence-electron chi connectivity index (χ2n) is 16.4. The maximum absolute atomic E-state index is 13.3. The summed E-state index contributed by atoms with van der Waals surface area (Å²) in [6.07, 6.45) is 10.4. The highest BCUT2D eigenvalue weighted by atomic mass is 16.5. The zero-order valence-corrected chi connectivity index (χ0v) is 33.2. The molecule has 5 amide bonds. The lowest BCUT2D eigenvalue weighted by Crippen LogP contribution is -2.54. The maximum atomic E-state index is 13.3. The van der Waals surface area contributed by atoms with Crippen LogP contribution in [0.1, 0.15) is 88.0 Å². The SMILES string of the molecule is N#Cc1ccc(OC2CCC(NC(=O)c3cnc(N4CCC(CN5CCN(c6ccc7c(c6)C(=O)N(C6CCC(=O)NC6=O)C7=O)CC5)CC4)nc3)CC2)c2cccnc12. The minimum Gasteiger partial charge on any atom is -0.490 e. The predicted octanol–water partition coefficient (Wildman–Crippen LogP) is 3.46. The first-order valence-corrected chi connectivity index (χ1v) is 20.9. The second kappa shape index (κ2) is 16.6. The average molecular weight is 811 g/mol. The number of anilines is 2. The molecule has 4 aliphatic heterocycles. The van der Waals surface area contributed by atoms with E-state index >= 15 is 0 Å². The summed E-state index contributed by atoms with van der Waals surface area (Å²) in [5.41, 5.74) is 3.06. The molecule has 1 atom stereocenters. The van der Waals surface area contributed by atoms with Gasteiger partial charge >= 0.3 is 0 Å². The van der Waals surface area contributed by atoms with Crippen LogP contribution in [0.3, 0.4) is 0 Å². The normalized spacial score (nSPS) is 22.7. The van der Waals surface area contributed by atoms with E-state index < -0.39 is 29.7 Å². The summed E-state index contributed by atoms with van der Waals surface area (Å²) in [6, 6.07) is 13.9. The minimum atomic E-state index is -0.978. The Balaban J connectivity index is 0.701. The molecule has 2 aromatic carbocycles. The van der Waals surface area contributed by atoms with Gasteiger partial charge in [0.1, 0.15) is 17.9 Å². The fraction of sp³-hybridized carbons (Fsp3) is 0.432. The summed E-state index contributed by atoms with van der Waals surface area (Å²) in [4.78, 5) is 85.1. The zero-order valence-electron chi connectivity index (χ0n) is 33.2. The molecule has 308 valence electrons. The number of amides is 5. The molecule has 60 heavy (non-hydrogen) atoms. The molecule has 0 bridgehead atoms. The summed E-state index contributed by atoms with van der Waals surface area (Å²) in [5, 5.41) is 15.7. The van der Waals surface area contributed by atoms with Gasteiger partial charge in [0.2, 0.25) is 17.8 Å². The number of hydrogen-bond donors (Lipinski definition) is 2. The van der Waals surface area contributed by atoms with E-state index in [1.165, 1.54) is 0 Å². The van der Waals surface area contributed by atoms with E-state index in [0.717, 1.165) is 106 Å². The van der Waals surface area contributed by atoms with Crippen molar-refractivity contribution in [2.75, 3.05) is 55.6 Å². The van der Waals surface area contributed by atoms with Crippen LogP contribution in [0.2, 0.25) is 0 Å². The molecule has 16 nitrogen and oxygen atoms in total. The van der Waals surface area contributed by atoms with Crippen LogP contribution in [-0.4, -0.2) is 118 Å². The summed E-state index contributed by atoms with van der Waals surface area (Å²) in [7, 11) is 0. The highest BCUT2D eigenvalue weighted by Gasteiger charge is 2.45. The van der Waals surface area contributed by atoms with Gasteiger partial charge in [-0.05, 0) is 93.3 Å². The van der Waals surface area contributed by atoms with Crippen molar-refractivity contribution < 1.29 is 28.7 Å². The van der Waals surface area contributed by atoms with Gasteiger partial charge in [0.05, 0.1) is 33.9 Å². The van der Waals surface area contributed by atoms with Gasteiger partial charge in [-0.15, -0.1) is 0 Å². The molecule has 1 aliphatic carbocycles. The first-order chi connectivity index (χ1) is 29.2. The van der Waals surface area contributed by atoms with Crippen molar-refractivity contribution in [3.63, 3.8) is 0 Å². The van der Waals surface area contributed by atoms with Gasteiger partial charge in [0.15, 0.2) is 0 Å². The molecule has 2 N–H and O–H groups in total. The van der Waals surface area contributed by atoms with Crippen LogP contribution in [-0.2, 0) is 9.59 Å². The number of nitrogens with zero attached hydrogens (tertiary/aromatic N) is 8. The van der Waals surface area contributed by atoms with Crippen LogP contribution in [0.5, 0.6) is 5.75 Å². The third-order valence-electron chi connectivity index (χ3n) is 12.6. The molecule has 5 aliphatic rings. The van der Waals surface area contributed by atoms with Crippen LogP contribution in [0.15, 0.2) is 61.1 Å². The third kappa shape index (κ3) is 7.84. The molecular weight excluding hydrogens is 765 g/mol. The van der Waals surface area contributed by atoms with Gasteiger partial charge in [-0.25, -0.2) is 9.97 Å². The van der Waals surface area contributed by atoms with E-state index in [1.54, 1.807) is 36.8 Å². The second-order valence-corrected chi connectivity index (χ2v) is 16.4. The molecule has 1 saturated carbocycles. The number of aromatic nitrogens is 3. The number of hydrogen-bond acceptors (Lipinski definition) is 13. The van der Waals surface area contributed by atoms with Gasteiger partial charge in [-0.3, -0.25) is 44.1 Å². The Morgan fingerprint density at radius 2 is 1.58 bits per heavy atom. The molecule has 0 spiro atoms. The molecule has 2 aromatic heterocycles. The van der Waals surface area contributed by atoms with E-state index in [-0.39, 0.29) is 36.5 Å². The maximum Gasteiger partial charge on any atom is 0.262 e. The standard InChI is InChI=1S/C44H46N10O6/c45-23-28-3-11-37(34-2-1-15-46-39(28)34)60-32-7-4-30(5-8-32)49-40(56)29-24-47-44(48-25-29)53-16-13-27(14-17-53)26-51-18-20-52(21-19-51)31-6-9-33-35(22-31)43(59)54(42(33)58)36-10-12-38(55)50-41(36)57/h1-3,6,9,11,15,22,24-25,27,30,32,36H,4-5,7-8,10,12-14,16-21,26H2,(H,49,56)(H,50,55,57). The first-order valence-electron chi connectivity index (χ1n) is 20.9. The number of ether oxygens (including phenoxy) is 1. The fourth-order valence-corrected chi connectivity index (χ4v) is 9.24. The van der Waals surface area contributed by atoms with Crippen molar-refractivity contribution in [1.29, 1.82) is 5.26 Å². The van der Waals surface area contributed by atoms with Gasteiger partial charge in [0, 0.05) is 87.9 Å². The van der Waals surface area contributed by atoms with Gasteiger partial charge in [-0.1, -0.05) is 0 Å². The van der Waals surface area contributed by atoms with Gasteiger partial charge in [-0.2, -0.15) is 5.26 Å². The largest absolute Gasteiger partial charge is 0.490 e. The molecule has 0 radical (unpaired) electrons. The van der Waals surface area contributed by atoms with E-state index in [9.17, 15) is 29.2 Å². The van der Waals surface area contributed by atoms with Gasteiger partial charge < -0.3 is 19.9 Å². The molecular formula is C44H46N10O6. The highest BCUT2D eigenvalue weighted by molar-refractivity contribution is 6.23. The Labute approximate surface area is 346 Å². The molecule has 6 heterocycles. The van der Waals surface area contributed by atoms with Crippen LogP contribution in [0, 0.1) is 17.2 Å². The predicted molar refractivity (Wildman–Crippen MR) is 219 cm³/mol. The quantitative estimate of drug-likeness (QED) is 0.234. The lowest BCUT2D eigenvalue weighted by Gasteiger charge is -2.39. The number of piperidine rings is 2. The highest BCUT2D eigenvalue weighted by Crippen LogP contribution is 2.33. The Bertz CT molecular complexity index is 2380. The molecule has 3 saturated heterocycles. The topological polar surface area (TPSA) is 194 Å². The summed E-state index contributed by atoms with van der Waals surface area (Å²) in [6.45, 7) is 6.01. The Morgan fingerprint density at radius 1 is 0.833 bits per heavy atom. The number of carbonyl (C=O) groups is 5. The fourth-order valence-electron chi connectivity index (χ4n) is 9.24. The summed E-state index contributed by atoms with van der Waals surface area (Å²) in [5.74, 6) is -0.270. The Morgan fingerprint density at radius 3 is 2.32 bits per heavy atom. The lowest BCUT2D eigenvalue weighted by atomic mass is 9.92. The van der Waals surface area contributed by atoms with Crippen LogP contribution in [0.25, 0.3) is 10.9 Å². The zero-order chi connectivity index (χ0) is 41.3. The number of rotatable bonds is 9. The third-order valence-corrected chi connectivity index (χ3v) is 12.6. The van der Waals surface area contributed by atoms with E-state index in [4.69, 9.17) is 4.74 Å². The van der Waals surface area contributed by atoms with Crippen molar-refractivity contribution in [3.05, 3.63) is 83.3 Å². The van der Waals surface area contributed by atoms with Crippen molar-refractivity contribution in [1.82, 2.24) is 35.4 Å². The molecule has 16 heteroatoms. The summed E-state index contributed by atoms with van der Waals surface area (Å²) >= 11 is 0. The van der Waals surface area contributed by atoms with Crippen molar-refractivity contribution in [2.24, 2.45) is 5.92 Å². The molecule has 4 fully saturated rings. The number of pyridine rings is 1. The Hall–Kier alpha value is -6.47.